The Morgan fingerprint density at radius 1 is 1.12 bits per heavy atom. The van der Waals surface area contributed by atoms with Gasteiger partial charge in [-0.3, -0.25) is 9.69 Å². The van der Waals surface area contributed by atoms with E-state index in [1.54, 1.807) is 13.8 Å². The Labute approximate surface area is 243 Å². The molecule has 42 heavy (non-hydrogen) atoms. The summed E-state index contributed by atoms with van der Waals surface area (Å²) in [5, 5.41) is 13.6. The van der Waals surface area contributed by atoms with Gasteiger partial charge in [-0.15, -0.1) is 0 Å². The van der Waals surface area contributed by atoms with Gasteiger partial charge in [-0.1, -0.05) is 43.6 Å². The molecule has 6 nitrogen and oxygen atoms in total. The predicted molar refractivity (Wildman–Crippen MR) is 148 cm³/mol. The lowest BCUT2D eigenvalue weighted by atomic mass is 9.88. The minimum atomic E-state index is -4.89. The molecule has 2 N–H and O–H groups in total. The average Bonchev–Trinajstić information content (AvgIpc) is 2.99. The number of halogens is 6. The fourth-order valence-corrected chi connectivity index (χ4v) is 8.09. The van der Waals surface area contributed by atoms with Crippen molar-refractivity contribution in [3.63, 3.8) is 0 Å². The highest BCUT2D eigenvalue weighted by atomic mass is 35.5. The molecule has 3 aromatic carbocycles. The summed E-state index contributed by atoms with van der Waals surface area (Å²) in [6, 6.07) is 7.28. The van der Waals surface area contributed by atoms with Crippen molar-refractivity contribution < 1.29 is 40.3 Å². The summed E-state index contributed by atoms with van der Waals surface area (Å²) in [5.41, 5.74) is -2.50. The van der Waals surface area contributed by atoms with Gasteiger partial charge in [0.15, 0.2) is 9.84 Å². The molecule has 3 aromatic rings. The van der Waals surface area contributed by atoms with Gasteiger partial charge in [0.1, 0.15) is 29.1 Å². The first kappa shape index (κ1) is 29.8. The van der Waals surface area contributed by atoms with Gasteiger partial charge in [-0.2, -0.15) is 13.2 Å². The minimum absolute atomic E-state index is 0.0497. The maximum atomic E-state index is 15.7. The molecular weight excluding hydrogens is 603 g/mol. The maximum Gasteiger partial charge on any atom is 0.416 e. The van der Waals surface area contributed by atoms with E-state index in [0.29, 0.717) is 6.07 Å². The Morgan fingerprint density at radius 2 is 1.83 bits per heavy atom. The van der Waals surface area contributed by atoms with E-state index in [9.17, 15) is 35.9 Å². The molecular formula is C29H24ClF5N2O4S. The number of nitrogens with one attached hydrogen (secondary N) is 1. The molecule has 0 spiro atoms. The lowest BCUT2D eigenvalue weighted by Crippen LogP contribution is -2.42. The fraction of sp³-hybridized carbons (Fsp3) is 0.276. The van der Waals surface area contributed by atoms with Crippen LogP contribution in [0.25, 0.3) is 0 Å². The third kappa shape index (κ3) is 5.45. The zero-order chi connectivity index (χ0) is 30.8. The van der Waals surface area contributed by atoms with Crippen LogP contribution in [-0.2, 0) is 27.2 Å². The van der Waals surface area contributed by atoms with Crippen molar-refractivity contribution in [1.29, 1.82) is 0 Å². The molecule has 1 unspecified atom stereocenters. The number of phenolic OH excluding ortho intramolecular Hbond substituents is 1. The fourth-order valence-electron chi connectivity index (χ4n) is 5.50. The van der Waals surface area contributed by atoms with Crippen molar-refractivity contribution in [2.45, 2.75) is 38.9 Å². The number of anilines is 2. The summed E-state index contributed by atoms with van der Waals surface area (Å²) >= 11 is 6.16. The van der Waals surface area contributed by atoms with Crippen LogP contribution < -0.4 is 10.2 Å². The first-order valence-electron chi connectivity index (χ1n) is 12.7. The lowest BCUT2D eigenvalue weighted by molar-refractivity contribution is -0.137. The second-order valence-electron chi connectivity index (χ2n) is 11.1. The van der Waals surface area contributed by atoms with E-state index >= 15 is 4.39 Å². The Hall–Kier alpha value is -3.64. The van der Waals surface area contributed by atoms with Gasteiger partial charge in [0, 0.05) is 16.3 Å². The first-order chi connectivity index (χ1) is 19.5. The molecule has 13 heteroatoms. The number of carbonyl (C=O) groups excluding carboxylic acids is 1. The molecule has 0 saturated carbocycles. The predicted octanol–water partition coefficient (Wildman–Crippen LogP) is 7.14. The van der Waals surface area contributed by atoms with Gasteiger partial charge in [-0.25, -0.2) is 17.2 Å². The number of para-hydroxylation sites is 1. The van der Waals surface area contributed by atoms with Crippen LogP contribution in [0.2, 0.25) is 5.02 Å². The SMILES string of the molecule is CC1(C)CC2=C(C(c3ccc(C(F)(F)F)cc3F)N(C(=O)Cc3ccc(F)cc3Cl)c3cccc(O)c3N2)S(=O)(=O)C1. The molecule has 0 aliphatic carbocycles. The van der Waals surface area contributed by atoms with Crippen molar-refractivity contribution >= 4 is 38.7 Å². The second-order valence-corrected chi connectivity index (χ2v) is 13.4. The molecule has 222 valence electrons. The van der Waals surface area contributed by atoms with Crippen molar-refractivity contribution in [1.82, 2.24) is 0 Å². The van der Waals surface area contributed by atoms with Crippen LogP contribution in [0.15, 0.2) is 65.2 Å². The molecule has 2 aliphatic heterocycles. The largest absolute Gasteiger partial charge is 0.506 e. The number of carbonyl (C=O) groups is 1. The number of phenols is 1. The van der Waals surface area contributed by atoms with Crippen LogP contribution in [0.1, 0.15) is 43.0 Å². The Bertz CT molecular complexity index is 1760. The van der Waals surface area contributed by atoms with E-state index in [1.165, 1.54) is 24.3 Å². The third-order valence-corrected chi connectivity index (χ3v) is 9.83. The number of sulfone groups is 1. The smallest absolute Gasteiger partial charge is 0.416 e. The zero-order valence-electron chi connectivity index (χ0n) is 22.2. The molecule has 0 saturated heterocycles. The topological polar surface area (TPSA) is 86.7 Å². The van der Waals surface area contributed by atoms with E-state index < -0.39 is 73.2 Å². The average molecular weight is 627 g/mol. The van der Waals surface area contributed by atoms with E-state index in [0.717, 1.165) is 23.1 Å². The van der Waals surface area contributed by atoms with Gasteiger partial charge in [0.25, 0.3) is 0 Å². The van der Waals surface area contributed by atoms with Crippen LogP contribution >= 0.6 is 11.6 Å². The number of fused-ring (bicyclic) bond motifs is 1. The van der Waals surface area contributed by atoms with E-state index in [1.807, 2.05) is 0 Å². The number of rotatable bonds is 3. The molecule has 0 aromatic heterocycles. The van der Waals surface area contributed by atoms with Crippen LogP contribution in [0, 0.1) is 17.0 Å². The van der Waals surface area contributed by atoms with E-state index in [2.05, 4.69) is 5.32 Å². The summed E-state index contributed by atoms with van der Waals surface area (Å²) in [4.78, 5) is 14.6. The number of hydrogen-bond acceptors (Lipinski definition) is 5. The molecule has 1 atom stereocenters. The van der Waals surface area contributed by atoms with Crippen molar-refractivity contribution in [2.75, 3.05) is 16.0 Å². The van der Waals surface area contributed by atoms with Gasteiger partial charge in [0.2, 0.25) is 5.91 Å². The number of benzene rings is 3. The van der Waals surface area contributed by atoms with Crippen LogP contribution in [-0.4, -0.2) is 25.2 Å². The molecule has 0 fully saturated rings. The summed E-state index contributed by atoms with van der Waals surface area (Å²) in [6.07, 6.45) is -5.30. The number of amides is 1. The van der Waals surface area contributed by atoms with Crippen molar-refractivity contribution in [3.8, 4) is 5.75 Å². The van der Waals surface area contributed by atoms with Gasteiger partial charge in [-0.05, 0) is 53.8 Å². The number of nitrogens with zero attached hydrogens (tertiary/aromatic N) is 1. The number of alkyl halides is 3. The van der Waals surface area contributed by atoms with Crippen LogP contribution in [0.3, 0.4) is 0 Å². The van der Waals surface area contributed by atoms with E-state index in [4.69, 9.17) is 11.6 Å². The minimum Gasteiger partial charge on any atom is -0.506 e. The van der Waals surface area contributed by atoms with Crippen molar-refractivity contribution in [3.05, 3.63) is 98.5 Å². The Balaban J connectivity index is 1.81. The van der Waals surface area contributed by atoms with Crippen molar-refractivity contribution in [2.24, 2.45) is 5.41 Å². The van der Waals surface area contributed by atoms with Crippen LogP contribution in [0.5, 0.6) is 5.75 Å². The third-order valence-electron chi connectivity index (χ3n) is 7.18. The summed E-state index contributed by atoms with van der Waals surface area (Å²) < 4.78 is 97.5. The van der Waals surface area contributed by atoms with Gasteiger partial charge in [0.05, 0.1) is 28.3 Å². The molecule has 1 amide bonds. The summed E-state index contributed by atoms with van der Waals surface area (Å²) in [5.74, 6) is -3.64. The molecule has 2 heterocycles. The number of hydrogen-bond donors (Lipinski definition) is 2. The monoisotopic (exact) mass is 626 g/mol. The Kier molecular flexibility index (Phi) is 7.29. The normalized spacial score (nSPS) is 19.4. The standard InChI is InChI=1S/C29H24ClF5N2O4S/c1-28(2)13-21-27(42(40,41)14-28)26(18-9-7-16(11-20(18)32)29(33,34)35)37(22-4-3-5-23(38)25(22)36-21)24(39)10-15-6-8-17(31)12-19(15)30/h3-9,11-12,26,36,38H,10,13-14H2,1-2H3. The van der Waals surface area contributed by atoms with Crippen LogP contribution in [0.4, 0.5) is 33.3 Å². The molecule has 0 bridgehead atoms. The maximum absolute atomic E-state index is 15.7. The highest BCUT2D eigenvalue weighted by molar-refractivity contribution is 7.95. The zero-order valence-corrected chi connectivity index (χ0v) is 23.8. The second kappa shape index (κ2) is 10.3. The number of aromatic hydroxyl groups is 1. The first-order valence-corrected chi connectivity index (χ1v) is 14.7. The number of allylic oxidation sites excluding steroid dienone is 1. The highest BCUT2D eigenvalue weighted by Crippen LogP contribution is 2.52. The highest BCUT2D eigenvalue weighted by Gasteiger charge is 2.48. The molecule has 2 aliphatic rings. The quantitative estimate of drug-likeness (QED) is 0.238. The molecule has 0 radical (unpaired) electrons. The summed E-state index contributed by atoms with van der Waals surface area (Å²) in [7, 11) is -4.27. The Morgan fingerprint density at radius 3 is 2.48 bits per heavy atom. The summed E-state index contributed by atoms with van der Waals surface area (Å²) in [6.45, 7) is 3.39. The lowest BCUT2D eigenvalue weighted by Gasteiger charge is -2.37. The van der Waals surface area contributed by atoms with E-state index in [-0.39, 0.29) is 45.9 Å². The van der Waals surface area contributed by atoms with Gasteiger partial charge < -0.3 is 10.4 Å². The molecule has 5 rings (SSSR count). The van der Waals surface area contributed by atoms with Gasteiger partial charge >= 0.3 is 6.18 Å².